The van der Waals surface area contributed by atoms with Crippen LogP contribution >= 0.6 is 0 Å². The number of nitrogens with zero attached hydrogens (tertiary/aromatic N) is 5. The molecule has 1 amide bonds. The molecule has 35 heavy (non-hydrogen) atoms. The number of rotatable bonds is 7. The molecule has 2 aromatic rings. The molecule has 190 valence electrons. The van der Waals surface area contributed by atoms with Crippen LogP contribution in [-0.2, 0) is 11.0 Å². The van der Waals surface area contributed by atoms with Gasteiger partial charge < -0.3 is 15.1 Å². The van der Waals surface area contributed by atoms with Gasteiger partial charge in [-0.2, -0.15) is 13.2 Å². The van der Waals surface area contributed by atoms with Gasteiger partial charge in [-0.1, -0.05) is 0 Å². The highest BCUT2D eigenvalue weighted by atomic mass is 19.4. The number of carbonyl (C=O) groups is 1. The highest BCUT2D eigenvalue weighted by Crippen LogP contribution is 2.29. The minimum atomic E-state index is -4.46. The van der Waals surface area contributed by atoms with Crippen LogP contribution in [0.1, 0.15) is 37.1 Å². The van der Waals surface area contributed by atoms with E-state index < -0.39 is 11.9 Å². The van der Waals surface area contributed by atoms with Crippen molar-refractivity contribution in [2.24, 2.45) is 0 Å². The molecule has 4 heterocycles. The van der Waals surface area contributed by atoms with Gasteiger partial charge >= 0.3 is 6.18 Å². The molecule has 0 atom stereocenters. The van der Waals surface area contributed by atoms with Crippen molar-refractivity contribution in [1.82, 2.24) is 19.8 Å². The Labute approximate surface area is 204 Å². The Kier molecular flexibility index (Phi) is 8.10. The van der Waals surface area contributed by atoms with E-state index in [1.807, 2.05) is 24.1 Å². The molecule has 0 bridgehead atoms. The summed E-state index contributed by atoms with van der Waals surface area (Å²) in [6.07, 6.45) is 1.43. The standard InChI is InChI=1S/C25H33F3N6O/c1-19-4-5-22(18-30-19)33-15-13-32(14-16-33)10-2-3-24(35)34-11-7-20(8-12-34)31-21-6-9-29-23(17-21)25(26,27)28/h4-6,9,17-18,20H,2-3,7-8,10-16H2,1H3,(H,29,31). The largest absolute Gasteiger partial charge is 0.433 e. The minimum absolute atomic E-state index is 0.0440. The zero-order valence-electron chi connectivity index (χ0n) is 20.1. The highest BCUT2D eigenvalue weighted by molar-refractivity contribution is 5.76. The average molecular weight is 491 g/mol. The molecule has 0 aromatic carbocycles. The van der Waals surface area contributed by atoms with Gasteiger partial charge in [-0.3, -0.25) is 19.7 Å². The van der Waals surface area contributed by atoms with E-state index >= 15 is 0 Å². The number of piperazine rings is 1. The normalized spacial score (nSPS) is 18.1. The molecular weight excluding hydrogens is 457 g/mol. The van der Waals surface area contributed by atoms with E-state index in [0.717, 1.165) is 56.6 Å². The third kappa shape index (κ3) is 7.06. The summed E-state index contributed by atoms with van der Waals surface area (Å²) in [5.41, 5.74) is 1.69. The number of aromatic nitrogens is 2. The van der Waals surface area contributed by atoms with E-state index in [0.29, 0.717) is 38.0 Å². The maximum absolute atomic E-state index is 12.9. The predicted molar refractivity (Wildman–Crippen MR) is 129 cm³/mol. The van der Waals surface area contributed by atoms with Crippen molar-refractivity contribution >= 4 is 17.3 Å². The van der Waals surface area contributed by atoms with Gasteiger partial charge in [0.25, 0.3) is 0 Å². The van der Waals surface area contributed by atoms with Crippen molar-refractivity contribution in [3.8, 4) is 0 Å². The van der Waals surface area contributed by atoms with Gasteiger partial charge in [-0.25, -0.2) is 0 Å². The molecule has 0 aliphatic carbocycles. The number of nitrogens with one attached hydrogen (secondary N) is 1. The number of hydrogen-bond acceptors (Lipinski definition) is 6. The zero-order valence-corrected chi connectivity index (χ0v) is 20.1. The molecule has 0 unspecified atom stereocenters. The summed E-state index contributed by atoms with van der Waals surface area (Å²) in [4.78, 5) is 27.1. The summed E-state index contributed by atoms with van der Waals surface area (Å²) in [5.74, 6) is 0.163. The Hall–Kier alpha value is -2.88. The topological polar surface area (TPSA) is 64.6 Å². The smallest absolute Gasteiger partial charge is 0.382 e. The number of likely N-dealkylation sites (tertiary alicyclic amines) is 1. The van der Waals surface area contributed by atoms with Crippen LogP contribution in [-0.4, -0.2) is 77.5 Å². The van der Waals surface area contributed by atoms with E-state index in [1.54, 1.807) is 6.07 Å². The first kappa shape index (κ1) is 25.2. The maximum Gasteiger partial charge on any atom is 0.433 e. The molecule has 1 N–H and O–H groups in total. The number of alkyl halides is 3. The van der Waals surface area contributed by atoms with Crippen LogP contribution in [0.25, 0.3) is 0 Å². The van der Waals surface area contributed by atoms with Crippen LogP contribution in [0.3, 0.4) is 0 Å². The van der Waals surface area contributed by atoms with Gasteiger partial charge in [0.15, 0.2) is 0 Å². The van der Waals surface area contributed by atoms with Crippen molar-refractivity contribution in [1.29, 1.82) is 0 Å². The van der Waals surface area contributed by atoms with E-state index in [2.05, 4.69) is 31.2 Å². The molecule has 7 nitrogen and oxygen atoms in total. The van der Waals surface area contributed by atoms with Gasteiger partial charge in [-0.05, 0) is 57.0 Å². The molecule has 2 aliphatic heterocycles. The minimum Gasteiger partial charge on any atom is -0.382 e. The highest BCUT2D eigenvalue weighted by Gasteiger charge is 2.32. The van der Waals surface area contributed by atoms with Gasteiger partial charge in [-0.15, -0.1) is 0 Å². The number of carbonyl (C=O) groups excluding carboxylic acids is 1. The van der Waals surface area contributed by atoms with Crippen molar-refractivity contribution in [3.05, 3.63) is 48.0 Å². The number of hydrogen-bond donors (Lipinski definition) is 1. The molecule has 4 rings (SSSR count). The van der Waals surface area contributed by atoms with Gasteiger partial charge in [0.05, 0.1) is 11.9 Å². The van der Waals surface area contributed by atoms with Crippen LogP contribution in [0.15, 0.2) is 36.7 Å². The molecule has 10 heteroatoms. The first-order chi connectivity index (χ1) is 16.8. The molecule has 2 fully saturated rings. The summed E-state index contributed by atoms with van der Waals surface area (Å²) in [7, 11) is 0. The fourth-order valence-corrected chi connectivity index (χ4v) is 4.67. The Balaban J connectivity index is 1.13. The second-order valence-corrected chi connectivity index (χ2v) is 9.32. The van der Waals surface area contributed by atoms with Crippen molar-refractivity contribution < 1.29 is 18.0 Å². The summed E-state index contributed by atoms with van der Waals surface area (Å²) >= 11 is 0. The number of halogens is 3. The first-order valence-electron chi connectivity index (χ1n) is 12.3. The Morgan fingerprint density at radius 3 is 2.46 bits per heavy atom. The lowest BCUT2D eigenvalue weighted by Crippen LogP contribution is -2.47. The summed E-state index contributed by atoms with van der Waals surface area (Å²) in [6.45, 7) is 8.01. The van der Waals surface area contributed by atoms with Crippen molar-refractivity contribution in [3.63, 3.8) is 0 Å². The number of aryl methyl sites for hydroxylation is 1. The lowest BCUT2D eigenvalue weighted by Gasteiger charge is -2.36. The molecule has 2 saturated heterocycles. The summed E-state index contributed by atoms with van der Waals surface area (Å²) in [6, 6.07) is 6.78. The molecule has 0 spiro atoms. The van der Waals surface area contributed by atoms with Gasteiger partial charge in [0, 0.05) is 69.3 Å². The van der Waals surface area contributed by atoms with Crippen LogP contribution < -0.4 is 10.2 Å². The third-order valence-corrected chi connectivity index (χ3v) is 6.77. The van der Waals surface area contributed by atoms with Crippen molar-refractivity contribution in [2.75, 3.05) is 56.0 Å². The van der Waals surface area contributed by atoms with Gasteiger partial charge in [0.1, 0.15) is 5.69 Å². The fraction of sp³-hybridized carbons (Fsp3) is 0.560. The summed E-state index contributed by atoms with van der Waals surface area (Å²) in [5, 5.41) is 3.16. The van der Waals surface area contributed by atoms with Crippen LogP contribution in [0.4, 0.5) is 24.5 Å². The third-order valence-electron chi connectivity index (χ3n) is 6.77. The quantitative estimate of drug-likeness (QED) is 0.637. The number of pyridine rings is 2. The monoisotopic (exact) mass is 490 g/mol. The molecular formula is C25H33F3N6O. The van der Waals surface area contributed by atoms with Crippen LogP contribution in [0.2, 0.25) is 0 Å². The maximum atomic E-state index is 12.9. The predicted octanol–water partition coefficient (Wildman–Crippen LogP) is 3.81. The fourth-order valence-electron chi connectivity index (χ4n) is 4.67. The molecule has 2 aliphatic rings. The van der Waals surface area contributed by atoms with Gasteiger partial charge in [0.2, 0.25) is 5.91 Å². The Morgan fingerprint density at radius 1 is 1.06 bits per heavy atom. The van der Waals surface area contributed by atoms with E-state index in [4.69, 9.17) is 0 Å². The molecule has 0 radical (unpaired) electrons. The lowest BCUT2D eigenvalue weighted by atomic mass is 10.0. The number of piperidine rings is 1. The Bertz CT molecular complexity index is 968. The van der Waals surface area contributed by atoms with E-state index in [1.165, 1.54) is 6.20 Å². The van der Waals surface area contributed by atoms with Crippen molar-refractivity contribution in [2.45, 2.75) is 44.8 Å². The SMILES string of the molecule is Cc1ccc(N2CCN(CCCC(=O)N3CCC(Nc4ccnc(C(F)(F)F)c4)CC3)CC2)cn1. The summed E-state index contributed by atoms with van der Waals surface area (Å²) < 4.78 is 38.6. The number of amides is 1. The zero-order chi connectivity index (χ0) is 24.8. The van der Waals surface area contributed by atoms with Crippen LogP contribution in [0.5, 0.6) is 0 Å². The van der Waals surface area contributed by atoms with Crippen LogP contribution in [0, 0.1) is 6.92 Å². The number of anilines is 2. The second kappa shape index (κ2) is 11.2. The average Bonchev–Trinajstić information content (AvgIpc) is 2.85. The Morgan fingerprint density at radius 2 is 1.80 bits per heavy atom. The lowest BCUT2D eigenvalue weighted by molar-refractivity contribution is -0.141. The molecule has 0 saturated carbocycles. The van der Waals surface area contributed by atoms with E-state index in [9.17, 15) is 18.0 Å². The van der Waals surface area contributed by atoms with E-state index in [-0.39, 0.29) is 11.9 Å². The second-order valence-electron chi connectivity index (χ2n) is 9.32. The molecule has 2 aromatic heterocycles. The first-order valence-corrected chi connectivity index (χ1v) is 12.3.